The van der Waals surface area contributed by atoms with Crippen LogP contribution in [0, 0.1) is 5.82 Å². The van der Waals surface area contributed by atoms with Crippen molar-refractivity contribution in [3.05, 3.63) is 95.3 Å². The lowest BCUT2D eigenvalue weighted by Crippen LogP contribution is -2.17. The van der Waals surface area contributed by atoms with Crippen molar-refractivity contribution in [3.63, 3.8) is 0 Å². The second-order valence-corrected chi connectivity index (χ2v) is 6.86. The van der Waals surface area contributed by atoms with Gasteiger partial charge in [-0.25, -0.2) is 14.6 Å². The first-order valence-corrected chi connectivity index (χ1v) is 10.2. The first kappa shape index (κ1) is 22.7. The molecule has 0 saturated carbocycles. The van der Waals surface area contributed by atoms with Crippen molar-refractivity contribution in [1.82, 2.24) is 5.43 Å². The van der Waals surface area contributed by atoms with Crippen molar-refractivity contribution in [3.8, 4) is 11.5 Å². The van der Waals surface area contributed by atoms with E-state index in [1.165, 1.54) is 24.4 Å². The zero-order valence-corrected chi connectivity index (χ0v) is 17.6. The quantitative estimate of drug-likeness (QED) is 0.169. The van der Waals surface area contributed by atoms with Gasteiger partial charge in [0.05, 0.1) is 18.4 Å². The minimum atomic E-state index is -0.779. The highest BCUT2D eigenvalue weighted by molar-refractivity contribution is 5.95. The number of hydrogen-bond acceptors (Lipinski definition) is 5. The summed E-state index contributed by atoms with van der Waals surface area (Å²) in [7, 11) is 0. The number of carbonyl (C=O) groups is 2. The van der Waals surface area contributed by atoms with Gasteiger partial charge in [0.2, 0.25) is 0 Å². The third-order valence-electron chi connectivity index (χ3n) is 4.45. The number of esters is 1. The van der Waals surface area contributed by atoms with E-state index in [4.69, 9.17) is 9.47 Å². The normalized spacial score (nSPS) is 10.7. The van der Waals surface area contributed by atoms with Gasteiger partial charge < -0.3 is 9.47 Å². The molecule has 0 aliphatic rings. The van der Waals surface area contributed by atoms with Crippen LogP contribution in [0.15, 0.2) is 77.9 Å². The lowest BCUT2D eigenvalue weighted by molar-refractivity contribution is 0.0729. The first-order valence-electron chi connectivity index (χ1n) is 10.2. The number of hydrazone groups is 1. The van der Waals surface area contributed by atoms with Gasteiger partial charge in [-0.05, 0) is 72.6 Å². The van der Waals surface area contributed by atoms with Crippen LogP contribution in [0.25, 0.3) is 0 Å². The molecule has 1 amide bonds. The summed E-state index contributed by atoms with van der Waals surface area (Å²) in [5, 5.41) is 3.94. The fraction of sp³-hybridized carbons (Fsp3) is 0.160. The molecule has 0 aromatic heterocycles. The van der Waals surface area contributed by atoms with E-state index in [9.17, 15) is 14.0 Å². The molecule has 164 valence electrons. The minimum absolute atomic E-state index is 0.138. The van der Waals surface area contributed by atoms with E-state index >= 15 is 0 Å². The molecular weight excluding hydrogens is 411 g/mol. The zero-order chi connectivity index (χ0) is 22.8. The van der Waals surface area contributed by atoms with Crippen LogP contribution >= 0.6 is 0 Å². The summed E-state index contributed by atoms with van der Waals surface area (Å²) in [6, 6.07) is 18.9. The molecule has 3 rings (SSSR count). The molecule has 1 N–H and O–H groups in total. The molecule has 0 heterocycles. The van der Waals surface area contributed by atoms with Gasteiger partial charge in [0.25, 0.3) is 5.91 Å². The second-order valence-electron chi connectivity index (χ2n) is 6.86. The summed E-state index contributed by atoms with van der Waals surface area (Å²) in [6.45, 7) is 2.74. The molecule has 32 heavy (non-hydrogen) atoms. The number of nitrogens with zero attached hydrogens (tertiary/aromatic N) is 1. The number of carbonyl (C=O) groups excluding carboxylic acids is 2. The summed E-state index contributed by atoms with van der Waals surface area (Å²) in [6.07, 6.45) is 3.49. The molecule has 0 fully saturated rings. The van der Waals surface area contributed by atoms with Gasteiger partial charge in [0.15, 0.2) is 0 Å². The molecule has 0 aliphatic heterocycles. The van der Waals surface area contributed by atoms with E-state index in [1.807, 2.05) is 0 Å². The van der Waals surface area contributed by atoms with Crippen LogP contribution in [-0.2, 0) is 0 Å². The molecule has 0 radical (unpaired) electrons. The predicted octanol–water partition coefficient (Wildman–Crippen LogP) is 4.99. The van der Waals surface area contributed by atoms with Gasteiger partial charge in [-0.15, -0.1) is 0 Å². The first-order chi connectivity index (χ1) is 15.6. The van der Waals surface area contributed by atoms with E-state index < -0.39 is 11.8 Å². The lowest BCUT2D eigenvalue weighted by atomic mass is 10.2. The maximum absolute atomic E-state index is 13.7. The molecule has 0 unspecified atom stereocenters. The standard InChI is InChI=1S/C25H23FN2O4/c1-2-3-16-31-20-14-10-19(11-15-20)24(29)28-27-17-18-8-12-21(13-9-18)32-25(30)22-6-4-5-7-23(22)26/h4-15,17H,2-3,16H2,1H3,(H,28,29)/b27-17+. The smallest absolute Gasteiger partial charge is 0.346 e. The topological polar surface area (TPSA) is 77.0 Å². The van der Waals surface area contributed by atoms with Crippen molar-refractivity contribution in [2.45, 2.75) is 19.8 Å². The number of halogens is 1. The molecule has 6 nitrogen and oxygen atoms in total. The van der Waals surface area contributed by atoms with E-state index in [1.54, 1.807) is 54.6 Å². The summed E-state index contributed by atoms with van der Waals surface area (Å²) in [5.74, 6) is -0.791. The van der Waals surface area contributed by atoms with Crippen LogP contribution in [0.1, 0.15) is 46.0 Å². The third-order valence-corrected chi connectivity index (χ3v) is 4.45. The second kappa shape index (κ2) is 11.4. The Hall–Kier alpha value is -4.00. The number of rotatable bonds is 9. The van der Waals surface area contributed by atoms with Gasteiger partial charge in [0.1, 0.15) is 17.3 Å². The SMILES string of the molecule is CCCCOc1ccc(C(=O)N/N=C/c2ccc(OC(=O)c3ccccc3F)cc2)cc1. The third kappa shape index (κ3) is 6.50. The molecule has 0 spiro atoms. The van der Waals surface area contributed by atoms with E-state index in [0.29, 0.717) is 23.5 Å². The number of ether oxygens (including phenoxy) is 2. The molecule has 0 atom stereocenters. The van der Waals surface area contributed by atoms with Crippen molar-refractivity contribution in [1.29, 1.82) is 0 Å². The molecule has 0 bridgehead atoms. The summed E-state index contributed by atoms with van der Waals surface area (Å²) < 4.78 is 24.4. The monoisotopic (exact) mass is 434 g/mol. The fourth-order valence-corrected chi connectivity index (χ4v) is 2.68. The van der Waals surface area contributed by atoms with Crippen molar-refractivity contribution in [2.24, 2.45) is 5.10 Å². The van der Waals surface area contributed by atoms with Crippen molar-refractivity contribution < 1.29 is 23.5 Å². The average molecular weight is 434 g/mol. The number of hydrogen-bond donors (Lipinski definition) is 1. The Morgan fingerprint density at radius 2 is 1.66 bits per heavy atom. The number of nitrogens with one attached hydrogen (secondary N) is 1. The van der Waals surface area contributed by atoms with E-state index in [-0.39, 0.29) is 17.2 Å². The molecule has 7 heteroatoms. The Kier molecular flexibility index (Phi) is 8.09. The lowest BCUT2D eigenvalue weighted by Gasteiger charge is -2.06. The highest BCUT2D eigenvalue weighted by Crippen LogP contribution is 2.15. The molecular formula is C25H23FN2O4. The Labute approximate surface area is 185 Å². The van der Waals surface area contributed by atoms with Gasteiger partial charge >= 0.3 is 5.97 Å². The summed E-state index contributed by atoms with van der Waals surface area (Å²) in [5.41, 5.74) is 3.45. The van der Waals surface area contributed by atoms with Gasteiger partial charge in [-0.1, -0.05) is 25.5 Å². The van der Waals surface area contributed by atoms with Crippen LogP contribution < -0.4 is 14.9 Å². The van der Waals surface area contributed by atoms with Gasteiger partial charge in [0, 0.05) is 5.56 Å². The summed E-state index contributed by atoms with van der Waals surface area (Å²) >= 11 is 0. The molecule has 0 aliphatic carbocycles. The fourth-order valence-electron chi connectivity index (χ4n) is 2.68. The largest absolute Gasteiger partial charge is 0.494 e. The zero-order valence-electron chi connectivity index (χ0n) is 17.6. The van der Waals surface area contributed by atoms with Crippen LogP contribution in [0.2, 0.25) is 0 Å². The van der Waals surface area contributed by atoms with Gasteiger partial charge in [-0.2, -0.15) is 5.10 Å². The summed E-state index contributed by atoms with van der Waals surface area (Å²) in [4.78, 5) is 24.2. The highest BCUT2D eigenvalue weighted by atomic mass is 19.1. The van der Waals surface area contributed by atoms with Crippen LogP contribution in [0.4, 0.5) is 4.39 Å². The molecule has 0 saturated heterocycles. The van der Waals surface area contributed by atoms with E-state index in [0.717, 1.165) is 12.8 Å². The van der Waals surface area contributed by atoms with Gasteiger partial charge in [-0.3, -0.25) is 4.79 Å². The van der Waals surface area contributed by atoms with Crippen molar-refractivity contribution in [2.75, 3.05) is 6.61 Å². The average Bonchev–Trinajstić information content (AvgIpc) is 2.81. The van der Waals surface area contributed by atoms with Crippen LogP contribution in [0.5, 0.6) is 11.5 Å². The van der Waals surface area contributed by atoms with Crippen LogP contribution in [0.3, 0.4) is 0 Å². The number of amides is 1. The maximum atomic E-state index is 13.7. The molecule has 3 aromatic rings. The maximum Gasteiger partial charge on any atom is 0.346 e. The Morgan fingerprint density at radius 1 is 0.969 bits per heavy atom. The highest BCUT2D eigenvalue weighted by Gasteiger charge is 2.13. The van der Waals surface area contributed by atoms with Crippen LogP contribution in [-0.4, -0.2) is 24.7 Å². The predicted molar refractivity (Wildman–Crippen MR) is 120 cm³/mol. The van der Waals surface area contributed by atoms with Crippen molar-refractivity contribution >= 4 is 18.1 Å². The Bertz CT molecular complexity index is 1080. The number of unbranched alkanes of at least 4 members (excludes halogenated alkanes) is 1. The molecule has 3 aromatic carbocycles. The minimum Gasteiger partial charge on any atom is -0.494 e. The van der Waals surface area contributed by atoms with E-state index in [2.05, 4.69) is 17.5 Å². The Balaban J connectivity index is 1.50. The Morgan fingerprint density at radius 3 is 2.34 bits per heavy atom. The number of benzene rings is 3.